The van der Waals surface area contributed by atoms with E-state index in [0.29, 0.717) is 17.7 Å². The lowest BCUT2D eigenvalue weighted by Crippen LogP contribution is -2.02. The Morgan fingerprint density at radius 3 is 2.79 bits per heavy atom. The van der Waals surface area contributed by atoms with Gasteiger partial charge in [0.15, 0.2) is 5.78 Å². The van der Waals surface area contributed by atoms with Crippen molar-refractivity contribution in [2.24, 2.45) is 0 Å². The highest BCUT2D eigenvalue weighted by Gasteiger charge is 2.11. The maximum absolute atomic E-state index is 12.9. The van der Waals surface area contributed by atoms with Crippen molar-refractivity contribution in [2.75, 3.05) is 7.11 Å². The van der Waals surface area contributed by atoms with Crippen LogP contribution in [0.15, 0.2) is 18.2 Å². The summed E-state index contributed by atoms with van der Waals surface area (Å²) in [5.41, 5.74) is 0.328. The molecular weight excluding hydrogens is 183 g/mol. The van der Waals surface area contributed by atoms with Crippen LogP contribution in [0.3, 0.4) is 0 Å². The molecule has 14 heavy (non-hydrogen) atoms. The number of halogens is 1. The Kier molecular flexibility index (Phi) is 3.63. The summed E-state index contributed by atoms with van der Waals surface area (Å²) in [6.07, 6.45) is 1.16. The Morgan fingerprint density at radius 2 is 2.21 bits per heavy atom. The number of carbonyl (C=O) groups excluding carboxylic acids is 1. The van der Waals surface area contributed by atoms with E-state index in [1.807, 2.05) is 6.92 Å². The molecule has 1 rings (SSSR count). The second kappa shape index (κ2) is 4.74. The average molecular weight is 196 g/mol. The molecule has 0 bridgehead atoms. The van der Waals surface area contributed by atoms with Crippen LogP contribution in [0.4, 0.5) is 4.39 Å². The molecule has 1 aromatic rings. The standard InChI is InChI=1S/C11H13FO2/c1-3-4-10(13)9-7-8(12)5-6-11(9)14-2/h5-7H,3-4H2,1-2H3. The molecule has 0 aliphatic rings. The van der Waals surface area contributed by atoms with Crippen LogP contribution < -0.4 is 4.74 Å². The first-order valence-corrected chi connectivity index (χ1v) is 4.55. The third kappa shape index (κ3) is 2.31. The summed E-state index contributed by atoms with van der Waals surface area (Å²) in [6.45, 7) is 1.91. The number of rotatable bonds is 4. The molecule has 0 saturated carbocycles. The largest absolute Gasteiger partial charge is 0.496 e. The highest BCUT2D eigenvalue weighted by atomic mass is 19.1. The van der Waals surface area contributed by atoms with Crippen LogP contribution in [0.2, 0.25) is 0 Å². The Balaban J connectivity index is 3.03. The molecule has 0 amide bonds. The van der Waals surface area contributed by atoms with Gasteiger partial charge in [0.05, 0.1) is 12.7 Å². The van der Waals surface area contributed by atoms with Crippen molar-refractivity contribution >= 4 is 5.78 Å². The van der Waals surface area contributed by atoms with Crippen molar-refractivity contribution in [3.63, 3.8) is 0 Å². The normalized spacial score (nSPS) is 9.93. The van der Waals surface area contributed by atoms with E-state index >= 15 is 0 Å². The van der Waals surface area contributed by atoms with Crippen molar-refractivity contribution in [1.29, 1.82) is 0 Å². The molecule has 0 fully saturated rings. The zero-order valence-electron chi connectivity index (χ0n) is 8.34. The van der Waals surface area contributed by atoms with E-state index in [2.05, 4.69) is 0 Å². The van der Waals surface area contributed by atoms with Crippen LogP contribution in [-0.4, -0.2) is 12.9 Å². The third-order valence-corrected chi connectivity index (χ3v) is 1.94. The van der Waals surface area contributed by atoms with E-state index in [4.69, 9.17) is 4.74 Å². The lowest BCUT2D eigenvalue weighted by Gasteiger charge is -2.06. The van der Waals surface area contributed by atoms with Crippen LogP contribution in [0.25, 0.3) is 0 Å². The summed E-state index contributed by atoms with van der Waals surface area (Å²) in [5.74, 6) is -0.0565. The smallest absolute Gasteiger partial charge is 0.166 e. The SMILES string of the molecule is CCCC(=O)c1cc(F)ccc1OC. The van der Waals surface area contributed by atoms with Crippen molar-refractivity contribution in [3.8, 4) is 5.75 Å². The van der Waals surface area contributed by atoms with Crippen molar-refractivity contribution in [3.05, 3.63) is 29.6 Å². The first-order chi connectivity index (χ1) is 6.69. The fourth-order valence-electron chi connectivity index (χ4n) is 1.26. The number of ketones is 1. The van der Waals surface area contributed by atoms with Gasteiger partial charge in [0.1, 0.15) is 11.6 Å². The minimum Gasteiger partial charge on any atom is -0.496 e. The van der Waals surface area contributed by atoms with Gasteiger partial charge in [-0.1, -0.05) is 6.92 Å². The van der Waals surface area contributed by atoms with E-state index < -0.39 is 5.82 Å². The van der Waals surface area contributed by atoms with E-state index in [1.54, 1.807) is 0 Å². The molecule has 0 aliphatic carbocycles. The van der Waals surface area contributed by atoms with Crippen molar-refractivity contribution < 1.29 is 13.9 Å². The zero-order chi connectivity index (χ0) is 10.6. The third-order valence-electron chi connectivity index (χ3n) is 1.94. The molecule has 3 heteroatoms. The molecule has 0 unspecified atom stereocenters. The molecule has 0 heterocycles. The fraction of sp³-hybridized carbons (Fsp3) is 0.364. The molecule has 0 saturated heterocycles. The number of Topliss-reactive ketones (excluding diaryl/α,β-unsaturated/α-hetero) is 1. The lowest BCUT2D eigenvalue weighted by molar-refractivity contribution is 0.0978. The van der Waals surface area contributed by atoms with Crippen molar-refractivity contribution in [2.45, 2.75) is 19.8 Å². The topological polar surface area (TPSA) is 26.3 Å². The second-order valence-corrected chi connectivity index (χ2v) is 3.02. The second-order valence-electron chi connectivity index (χ2n) is 3.02. The Hall–Kier alpha value is -1.38. The van der Waals surface area contributed by atoms with Gasteiger partial charge in [0.2, 0.25) is 0 Å². The maximum Gasteiger partial charge on any atom is 0.166 e. The summed E-state index contributed by atoms with van der Waals surface area (Å²) < 4.78 is 17.9. The minimum atomic E-state index is -0.412. The van der Waals surface area contributed by atoms with E-state index in [1.165, 1.54) is 25.3 Å². The first-order valence-electron chi connectivity index (χ1n) is 4.55. The van der Waals surface area contributed by atoms with Gasteiger partial charge in [0.25, 0.3) is 0 Å². The molecule has 0 radical (unpaired) electrons. The fourth-order valence-corrected chi connectivity index (χ4v) is 1.26. The number of carbonyl (C=O) groups is 1. The number of hydrogen-bond acceptors (Lipinski definition) is 2. The predicted molar refractivity (Wildman–Crippen MR) is 52.2 cm³/mol. The van der Waals surface area contributed by atoms with Crippen LogP contribution in [0.1, 0.15) is 30.1 Å². The summed E-state index contributed by atoms with van der Waals surface area (Å²) in [6, 6.07) is 3.97. The Bertz CT molecular complexity index is 334. The van der Waals surface area contributed by atoms with Gasteiger partial charge in [-0.2, -0.15) is 0 Å². The maximum atomic E-state index is 12.9. The molecule has 2 nitrogen and oxygen atoms in total. The van der Waals surface area contributed by atoms with Crippen LogP contribution in [0, 0.1) is 5.82 Å². The van der Waals surface area contributed by atoms with Gasteiger partial charge < -0.3 is 4.74 Å². The predicted octanol–water partition coefficient (Wildman–Crippen LogP) is 2.82. The average Bonchev–Trinajstić information content (AvgIpc) is 2.18. The number of ether oxygens (including phenoxy) is 1. The molecule has 1 aromatic carbocycles. The van der Waals surface area contributed by atoms with Crippen LogP contribution in [0.5, 0.6) is 5.75 Å². The Labute approximate surface area is 82.7 Å². The van der Waals surface area contributed by atoms with Gasteiger partial charge in [-0.05, 0) is 24.6 Å². The van der Waals surface area contributed by atoms with Gasteiger partial charge in [-0.15, -0.1) is 0 Å². The first kappa shape index (κ1) is 10.7. The van der Waals surface area contributed by atoms with Gasteiger partial charge in [0, 0.05) is 6.42 Å². The minimum absolute atomic E-state index is 0.0798. The van der Waals surface area contributed by atoms with Gasteiger partial charge in [-0.25, -0.2) is 4.39 Å². The number of hydrogen-bond donors (Lipinski definition) is 0. The highest BCUT2D eigenvalue weighted by molar-refractivity contribution is 5.98. The van der Waals surface area contributed by atoms with E-state index in [9.17, 15) is 9.18 Å². The highest BCUT2D eigenvalue weighted by Crippen LogP contribution is 2.21. The summed E-state index contributed by atoms with van der Waals surface area (Å²) in [5, 5.41) is 0. The summed E-state index contributed by atoms with van der Waals surface area (Å²) in [7, 11) is 1.47. The molecule has 0 atom stereocenters. The number of benzene rings is 1. The number of methoxy groups -OCH3 is 1. The molecule has 0 aromatic heterocycles. The van der Waals surface area contributed by atoms with Crippen molar-refractivity contribution in [1.82, 2.24) is 0 Å². The van der Waals surface area contributed by atoms with Gasteiger partial charge in [-0.3, -0.25) is 4.79 Å². The quantitative estimate of drug-likeness (QED) is 0.692. The lowest BCUT2D eigenvalue weighted by atomic mass is 10.1. The van der Waals surface area contributed by atoms with Gasteiger partial charge >= 0.3 is 0 Å². The summed E-state index contributed by atoms with van der Waals surface area (Å²) >= 11 is 0. The molecule has 76 valence electrons. The molecule has 0 spiro atoms. The molecule has 0 N–H and O–H groups in total. The van der Waals surface area contributed by atoms with Crippen LogP contribution in [-0.2, 0) is 0 Å². The van der Waals surface area contributed by atoms with Crippen LogP contribution >= 0.6 is 0 Å². The molecular formula is C11H13FO2. The monoisotopic (exact) mass is 196 g/mol. The van der Waals surface area contributed by atoms with E-state index in [-0.39, 0.29) is 5.78 Å². The molecule has 0 aliphatic heterocycles. The summed E-state index contributed by atoms with van der Waals surface area (Å²) in [4.78, 5) is 11.5. The Morgan fingerprint density at radius 1 is 1.50 bits per heavy atom. The van der Waals surface area contributed by atoms with E-state index in [0.717, 1.165) is 6.42 Å². The zero-order valence-corrected chi connectivity index (χ0v) is 8.34.